The summed E-state index contributed by atoms with van der Waals surface area (Å²) in [6, 6.07) is 6.13. The second kappa shape index (κ2) is 6.93. The molecule has 3 aromatic rings. The first-order chi connectivity index (χ1) is 13.7. The van der Waals surface area contributed by atoms with Gasteiger partial charge in [-0.2, -0.15) is 9.40 Å². The highest BCUT2D eigenvalue weighted by Gasteiger charge is 2.23. The van der Waals surface area contributed by atoms with Crippen molar-refractivity contribution in [2.75, 3.05) is 19.3 Å². The number of fused-ring (bicyclic) bond motifs is 1. The molecule has 0 saturated heterocycles. The lowest BCUT2D eigenvalue weighted by Gasteiger charge is -2.24. The monoisotopic (exact) mass is 419 g/mol. The zero-order valence-corrected chi connectivity index (χ0v) is 16.6. The Bertz CT molecular complexity index is 1240. The second-order valence-corrected chi connectivity index (χ2v) is 9.10. The smallest absolute Gasteiger partial charge is 0.211 e. The summed E-state index contributed by atoms with van der Waals surface area (Å²) in [5, 5.41) is 17.8. The molecule has 0 bridgehead atoms. The molecule has 6 nitrogen and oxygen atoms in total. The van der Waals surface area contributed by atoms with Crippen LogP contribution in [0.1, 0.15) is 17.5 Å². The Hall–Kier alpha value is -2.78. The Morgan fingerprint density at radius 2 is 1.97 bits per heavy atom. The molecule has 1 aromatic heterocycles. The van der Waals surface area contributed by atoms with Crippen LogP contribution in [0, 0.1) is 18.6 Å². The fourth-order valence-electron chi connectivity index (χ4n) is 3.62. The van der Waals surface area contributed by atoms with Crippen LogP contribution in [0.3, 0.4) is 0 Å². The van der Waals surface area contributed by atoms with Crippen molar-refractivity contribution in [3.05, 3.63) is 53.1 Å². The second-order valence-electron chi connectivity index (χ2n) is 7.12. The molecule has 152 valence electrons. The Morgan fingerprint density at radius 3 is 2.62 bits per heavy atom. The summed E-state index contributed by atoms with van der Waals surface area (Å²) in [5.41, 5.74) is 2.96. The van der Waals surface area contributed by atoms with Crippen LogP contribution in [0.15, 0.2) is 30.3 Å². The van der Waals surface area contributed by atoms with Crippen LogP contribution in [-0.2, 0) is 10.0 Å². The number of H-pyrrole nitrogens is 1. The molecule has 0 saturated carbocycles. The number of hydrogen-bond acceptors (Lipinski definition) is 4. The summed E-state index contributed by atoms with van der Waals surface area (Å²) in [6.07, 6.45) is 3.65. The third-order valence-electron chi connectivity index (χ3n) is 5.26. The quantitative estimate of drug-likeness (QED) is 0.680. The SMILES string of the molecule is Cc1c(F)cc(F)c(O)c1-c1n[nH]c2cc(C3=CCN(S(C)(=O)=O)CC3)ccc12. The number of phenols is 1. The van der Waals surface area contributed by atoms with Gasteiger partial charge < -0.3 is 5.11 Å². The maximum absolute atomic E-state index is 14.0. The molecule has 4 rings (SSSR count). The molecule has 1 aliphatic heterocycles. The van der Waals surface area contributed by atoms with Gasteiger partial charge in [-0.1, -0.05) is 12.1 Å². The molecule has 2 aromatic carbocycles. The zero-order chi connectivity index (χ0) is 20.9. The van der Waals surface area contributed by atoms with Gasteiger partial charge in [0.25, 0.3) is 0 Å². The highest BCUT2D eigenvalue weighted by atomic mass is 32.2. The summed E-state index contributed by atoms with van der Waals surface area (Å²) in [7, 11) is -3.22. The van der Waals surface area contributed by atoms with Crippen LogP contribution < -0.4 is 0 Å². The molecule has 0 aliphatic carbocycles. The molecule has 2 N–H and O–H groups in total. The van der Waals surface area contributed by atoms with E-state index in [0.717, 1.165) is 11.1 Å². The van der Waals surface area contributed by atoms with E-state index in [4.69, 9.17) is 0 Å². The van der Waals surface area contributed by atoms with Crippen molar-refractivity contribution in [3.63, 3.8) is 0 Å². The van der Waals surface area contributed by atoms with Crippen molar-refractivity contribution in [2.24, 2.45) is 0 Å². The van der Waals surface area contributed by atoms with Crippen molar-refractivity contribution in [1.82, 2.24) is 14.5 Å². The topological polar surface area (TPSA) is 86.3 Å². The van der Waals surface area contributed by atoms with Gasteiger partial charge in [0.05, 0.1) is 17.3 Å². The van der Waals surface area contributed by atoms with E-state index in [9.17, 15) is 22.3 Å². The standard InChI is InChI=1S/C20H19F2N3O3S/c1-11-15(21)10-16(22)20(26)18(11)19-14-4-3-13(9-17(14)23-24-19)12-5-7-25(8-6-12)29(2,27)28/h3-5,9-10,26H,6-8H2,1-2H3,(H,23,24). The fourth-order valence-corrected chi connectivity index (χ4v) is 4.39. The van der Waals surface area contributed by atoms with E-state index in [0.29, 0.717) is 36.5 Å². The van der Waals surface area contributed by atoms with Gasteiger partial charge in [0.1, 0.15) is 11.5 Å². The summed E-state index contributed by atoms with van der Waals surface area (Å²) >= 11 is 0. The maximum atomic E-state index is 14.0. The van der Waals surface area contributed by atoms with Crippen molar-refractivity contribution < 1.29 is 22.3 Å². The van der Waals surface area contributed by atoms with E-state index in [-0.39, 0.29) is 16.8 Å². The van der Waals surface area contributed by atoms with Crippen LogP contribution in [-0.4, -0.2) is 47.4 Å². The molecule has 0 spiro atoms. The van der Waals surface area contributed by atoms with Gasteiger partial charge in [0.15, 0.2) is 11.6 Å². The summed E-state index contributed by atoms with van der Waals surface area (Å²) in [4.78, 5) is 0. The molecule has 0 fully saturated rings. The lowest BCUT2D eigenvalue weighted by Crippen LogP contribution is -2.33. The molecule has 9 heteroatoms. The Labute approximate surface area is 166 Å². The fraction of sp³-hybridized carbons (Fsp3) is 0.250. The van der Waals surface area contributed by atoms with Crippen LogP contribution in [0.5, 0.6) is 5.75 Å². The molecule has 0 atom stereocenters. The Morgan fingerprint density at radius 1 is 1.21 bits per heavy atom. The van der Waals surface area contributed by atoms with Crippen molar-refractivity contribution in [3.8, 4) is 17.0 Å². The molecule has 0 radical (unpaired) electrons. The van der Waals surface area contributed by atoms with E-state index in [1.165, 1.54) is 17.5 Å². The third kappa shape index (κ3) is 3.40. The largest absolute Gasteiger partial charge is 0.504 e. The first kappa shape index (κ1) is 19.5. The Balaban J connectivity index is 1.74. The molecule has 0 amide bonds. The molecule has 29 heavy (non-hydrogen) atoms. The van der Waals surface area contributed by atoms with Crippen LogP contribution in [0.2, 0.25) is 0 Å². The van der Waals surface area contributed by atoms with Gasteiger partial charge in [-0.05, 0) is 42.2 Å². The number of phenolic OH excluding ortho intramolecular Hbond substituents is 1. The van der Waals surface area contributed by atoms with E-state index >= 15 is 0 Å². The van der Waals surface area contributed by atoms with Crippen molar-refractivity contribution in [1.29, 1.82) is 0 Å². The number of aromatic hydroxyl groups is 1. The van der Waals surface area contributed by atoms with Gasteiger partial charge in [0.2, 0.25) is 10.0 Å². The van der Waals surface area contributed by atoms with Gasteiger partial charge in [0, 0.05) is 24.5 Å². The predicted molar refractivity (Wildman–Crippen MR) is 107 cm³/mol. The van der Waals surface area contributed by atoms with Crippen molar-refractivity contribution in [2.45, 2.75) is 13.3 Å². The van der Waals surface area contributed by atoms with E-state index in [2.05, 4.69) is 10.2 Å². The van der Waals surface area contributed by atoms with E-state index < -0.39 is 27.4 Å². The molecule has 0 unspecified atom stereocenters. The summed E-state index contributed by atoms with van der Waals surface area (Å²) in [5.74, 6) is -2.44. The van der Waals surface area contributed by atoms with E-state index in [1.54, 1.807) is 6.07 Å². The van der Waals surface area contributed by atoms with E-state index in [1.807, 2.05) is 18.2 Å². The van der Waals surface area contributed by atoms with Crippen molar-refractivity contribution >= 4 is 26.5 Å². The number of halogens is 2. The number of hydrogen-bond donors (Lipinski definition) is 2. The predicted octanol–water partition coefficient (Wildman–Crippen LogP) is 3.57. The first-order valence-electron chi connectivity index (χ1n) is 8.97. The molecule has 1 aliphatic rings. The minimum absolute atomic E-state index is 0.0159. The minimum Gasteiger partial charge on any atom is -0.504 e. The lowest BCUT2D eigenvalue weighted by molar-refractivity contribution is 0.429. The number of nitrogens with one attached hydrogen (secondary N) is 1. The highest BCUT2D eigenvalue weighted by Crippen LogP contribution is 2.39. The third-order valence-corrected chi connectivity index (χ3v) is 6.53. The number of nitrogens with zero attached hydrogens (tertiary/aromatic N) is 2. The first-order valence-corrected chi connectivity index (χ1v) is 10.8. The normalized spacial score (nSPS) is 15.7. The number of rotatable bonds is 3. The molecular weight excluding hydrogens is 400 g/mol. The van der Waals surface area contributed by atoms with Crippen LogP contribution in [0.25, 0.3) is 27.7 Å². The molecule has 2 heterocycles. The highest BCUT2D eigenvalue weighted by molar-refractivity contribution is 7.88. The molecular formula is C20H19F2N3O3S. The van der Waals surface area contributed by atoms with Crippen LogP contribution in [0.4, 0.5) is 8.78 Å². The number of aromatic nitrogens is 2. The van der Waals surface area contributed by atoms with Gasteiger partial charge >= 0.3 is 0 Å². The summed E-state index contributed by atoms with van der Waals surface area (Å²) < 4.78 is 52.6. The lowest BCUT2D eigenvalue weighted by atomic mass is 9.97. The van der Waals surface area contributed by atoms with Gasteiger partial charge in [-0.25, -0.2) is 17.2 Å². The Kier molecular flexibility index (Phi) is 4.66. The summed E-state index contributed by atoms with van der Waals surface area (Å²) in [6.45, 7) is 2.18. The average Bonchev–Trinajstić information content (AvgIpc) is 3.09. The van der Waals surface area contributed by atoms with Gasteiger partial charge in [-0.15, -0.1) is 0 Å². The maximum Gasteiger partial charge on any atom is 0.211 e. The van der Waals surface area contributed by atoms with Crippen LogP contribution >= 0.6 is 0 Å². The number of aromatic amines is 1. The zero-order valence-electron chi connectivity index (χ0n) is 15.8. The van der Waals surface area contributed by atoms with Gasteiger partial charge in [-0.3, -0.25) is 5.10 Å². The minimum atomic E-state index is -3.22. The number of sulfonamides is 1. The number of benzene rings is 2. The average molecular weight is 419 g/mol.